The van der Waals surface area contributed by atoms with E-state index in [0.29, 0.717) is 16.9 Å². The Hall–Kier alpha value is -4.06. The lowest BCUT2D eigenvalue weighted by atomic mass is 10.0. The number of allylic oxidation sites excluding steroid dienone is 2. The highest BCUT2D eigenvalue weighted by molar-refractivity contribution is 6.08. The SMILES string of the molecule is Cc1cc(C(=O)Nc2cccc3cccnc23)ccc1-n1c(O)c2c(c1O)[C@H]1C=C[C@@H]2C1. The number of benzene rings is 2. The average Bonchev–Trinajstić information content (AvgIpc) is 3.48. The fraction of sp³-hybridized carbons (Fsp3) is 0.154. The van der Waals surface area contributed by atoms with Crippen LogP contribution in [0.1, 0.15) is 45.3 Å². The number of pyridine rings is 1. The van der Waals surface area contributed by atoms with E-state index in [-0.39, 0.29) is 29.5 Å². The van der Waals surface area contributed by atoms with Crippen LogP contribution in [0.15, 0.2) is 66.9 Å². The number of nitrogens with one attached hydrogen (secondary N) is 1. The van der Waals surface area contributed by atoms with Gasteiger partial charge in [0.1, 0.15) is 0 Å². The number of fused-ring (bicyclic) bond motifs is 6. The van der Waals surface area contributed by atoms with E-state index < -0.39 is 0 Å². The van der Waals surface area contributed by atoms with Crippen molar-refractivity contribution in [2.24, 2.45) is 0 Å². The van der Waals surface area contributed by atoms with Crippen LogP contribution < -0.4 is 5.32 Å². The van der Waals surface area contributed by atoms with Crippen molar-refractivity contribution in [3.8, 4) is 17.4 Å². The molecule has 6 nitrogen and oxygen atoms in total. The highest BCUT2D eigenvalue weighted by atomic mass is 16.3. The van der Waals surface area contributed by atoms with Crippen molar-refractivity contribution in [3.63, 3.8) is 0 Å². The van der Waals surface area contributed by atoms with E-state index in [2.05, 4.69) is 22.5 Å². The summed E-state index contributed by atoms with van der Waals surface area (Å²) in [7, 11) is 0. The summed E-state index contributed by atoms with van der Waals surface area (Å²) in [6.07, 6.45) is 6.80. The number of hydrogen-bond donors (Lipinski definition) is 3. The van der Waals surface area contributed by atoms with E-state index >= 15 is 0 Å². The fourth-order valence-electron chi connectivity index (χ4n) is 5.12. The molecule has 3 N–H and O–H groups in total. The molecular weight excluding hydrogens is 402 g/mol. The zero-order chi connectivity index (χ0) is 22.0. The van der Waals surface area contributed by atoms with E-state index in [1.54, 1.807) is 24.4 Å². The topological polar surface area (TPSA) is 87.4 Å². The Morgan fingerprint density at radius 2 is 1.75 bits per heavy atom. The van der Waals surface area contributed by atoms with Gasteiger partial charge in [0.25, 0.3) is 5.91 Å². The molecule has 158 valence electrons. The highest BCUT2D eigenvalue weighted by Crippen LogP contribution is 2.57. The van der Waals surface area contributed by atoms with Crippen LogP contribution in [0.2, 0.25) is 0 Å². The van der Waals surface area contributed by atoms with Crippen LogP contribution in [-0.4, -0.2) is 25.7 Å². The van der Waals surface area contributed by atoms with Crippen molar-refractivity contribution < 1.29 is 15.0 Å². The maximum Gasteiger partial charge on any atom is 0.255 e. The molecule has 0 fully saturated rings. The van der Waals surface area contributed by atoms with Gasteiger partial charge in [0.15, 0.2) is 0 Å². The van der Waals surface area contributed by atoms with Crippen molar-refractivity contribution in [1.29, 1.82) is 0 Å². The molecule has 2 aliphatic carbocycles. The van der Waals surface area contributed by atoms with E-state index in [4.69, 9.17) is 0 Å². The third kappa shape index (κ3) is 2.59. The van der Waals surface area contributed by atoms with E-state index in [1.165, 1.54) is 4.57 Å². The quantitative estimate of drug-likeness (QED) is 0.398. The molecule has 1 amide bonds. The summed E-state index contributed by atoms with van der Waals surface area (Å²) in [5.41, 5.74) is 4.93. The zero-order valence-corrected chi connectivity index (χ0v) is 17.4. The number of para-hydroxylation sites is 1. The molecule has 2 aromatic heterocycles. The third-order valence-electron chi connectivity index (χ3n) is 6.60. The monoisotopic (exact) mass is 423 g/mol. The maximum atomic E-state index is 12.9. The largest absolute Gasteiger partial charge is 0.494 e. The Balaban J connectivity index is 1.34. The molecule has 2 bridgehead atoms. The van der Waals surface area contributed by atoms with Gasteiger partial charge in [-0.15, -0.1) is 0 Å². The van der Waals surface area contributed by atoms with Gasteiger partial charge >= 0.3 is 0 Å². The van der Waals surface area contributed by atoms with Crippen LogP contribution in [-0.2, 0) is 0 Å². The molecule has 6 heteroatoms. The second-order valence-corrected chi connectivity index (χ2v) is 8.48. The number of rotatable bonds is 3. The first-order valence-corrected chi connectivity index (χ1v) is 10.6. The van der Waals surface area contributed by atoms with Crippen LogP contribution in [0.4, 0.5) is 5.69 Å². The third-order valence-corrected chi connectivity index (χ3v) is 6.60. The molecular formula is C26H21N3O3. The van der Waals surface area contributed by atoms with Crippen molar-refractivity contribution in [2.75, 3.05) is 5.32 Å². The fourth-order valence-corrected chi connectivity index (χ4v) is 5.12. The Labute approximate surface area is 184 Å². The number of nitrogens with zero attached hydrogens (tertiary/aromatic N) is 2. The number of anilines is 1. The summed E-state index contributed by atoms with van der Waals surface area (Å²) in [5, 5.41) is 25.7. The second-order valence-electron chi connectivity index (χ2n) is 8.48. The number of hydrogen-bond acceptors (Lipinski definition) is 4. The molecule has 0 radical (unpaired) electrons. The maximum absolute atomic E-state index is 12.9. The summed E-state index contributed by atoms with van der Waals surface area (Å²) in [5.74, 6) is 0.222. The second kappa shape index (κ2) is 6.72. The molecule has 4 aromatic rings. The van der Waals surface area contributed by atoms with E-state index in [9.17, 15) is 15.0 Å². The minimum Gasteiger partial charge on any atom is -0.494 e. The van der Waals surface area contributed by atoms with Gasteiger partial charge in [-0.1, -0.05) is 30.4 Å². The molecule has 2 aliphatic rings. The summed E-state index contributed by atoms with van der Waals surface area (Å²) in [6, 6.07) is 14.7. The van der Waals surface area contributed by atoms with Crippen molar-refractivity contribution in [3.05, 3.63) is 89.1 Å². The van der Waals surface area contributed by atoms with E-state index in [1.807, 2.05) is 37.3 Å². The molecule has 2 heterocycles. The first-order valence-electron chi connectivity index (χ1n) is 10.6. The lowest BCUT2D eigenvalue weighted by Gasteiger charge is -2.14. The minimum absolute atomic E-state index is 0.0801. The van der Waals surface area contributed by atoms with Gasteiger partial charge in [0, 0.05) is 40.1 Å². The van der Waals surface area contributed by atoms with Crippen molar-refractivity contribution in [2.45, 2.75) is 25.2 Å². The van der Waals surface area contributed by atoms with Gasteiger partial charge in [-0.2, -0.15) is 0 Å². The summed E-state index contributed by atoms with van der Waals surface area (Å²) < 4.78 is 1.49. The van der Waals surface area contributed by atoms with Crippen LogP contribution in [0, 0.1) is 6.92 Å². The number of aromatic hydroxyl groups is 2. The average molecular weight is 423 g/mol. The predicted molar refractivity (Wildman–Crippen MR) is 123 cm³/mol. The number of aryl methyl sites for hydroxylation is 1. The van der Waals surface area contributed by atoms with Crippen LogP contribution in [0.5, 0.6) is 11.8 Å². The Bertz CT molecular complexity index is 1410. The molecule has 0 saturated carbocycles. The van der Waals surface area contributed by atoms with Crippen LogP contribution in [0.3, 0.4) is 0 Å². The van der Waals surface area contributed by atoms with Gasteiger partial charge in [-0.3, -0.25) is 14.3 Å². The summed E-state index contributed by atoms with van der Waals surface area (Å²) in [4.78, 5) is 17.3. The molecule has 32 heavy (non-hydrogen) atoms. The molecule has 6 rings (SSSR count). The van der Waals surface area contributed by atoms with E-state index in [0.717, 1.165) is 34.0 Å². The normalized spacial score (nSPS) is 18.3. The zero-order valence-electron chi connectivity index (χ0n) is 17.4. The first kappa shape index (κ1) is 18.7. The van der Waals surface area contributed by atoms with Crippen LogP contribution >= 0.6 is 0 Å². The van der Waals surface area contributed by atoms with Gasteiger partial charge < -0.3 is 15.5 Å². The molecule has 0 aliphatic heterocycles. The van der Waals surface area contributed by atoms with Crippen LogP contribution in [0.25, 0.3) is 16.6 Å². The van der Waals surface area contributed by atoms with Crippen molar-refractivity contribution in [1.82, 2.24) is 9.55 Å². The van der Waals surface area contributed by atoms with Gasteiger partial charge in [0.05, 0.1) is 16.9 Å². The first-order chi connectivity index (χ1) is 15.5. The minimum atomic E-state index is -0.247. The Morgan fingerprint density at radius 1 is 1.03 bits per heavy atom. The Kier molecular flexibility index (Phi) is 3.92. The summed E-state index contributed by atoms with van der Waals surface area (Å²) >= 11 is 0. The van der Waals surface area contributed by atoms with Gasteiger partial charge in [0.2, 0.25) is 11.8 Å². The lowest BCUT2D eigenvalue weighted by Crippen LogP contribution is -2.13. The standard InChI is InChI=1S/C26H21N3O3/c1-14-12-18(24(30)28-19-6-2-4-15-5-3-11-27-23(15)19)9-10-20(14)29-25(31)21-16-7-8-17(13-16)22(21)26(29)32/h2-12,16-17,31-32H,13H2,1H3,(H,28,30)/t16-,17+. The number of carbonyl (C=O) groups is 1. The molecule has 0 unspecified atom stereocenters. The molecule has 0 saturated heterocycles. The van der Waals surface area contributed by atoms with Gasteiger partial charge in [-0.05, 0) is 49.2 Å². The highest BCUT2D eigenvalue weighted by Gasteiger charge is 2.41. The summed E-state index contributed by atoms with van der Waals surface area (Å²) in [6.45, 7) is 1.86. The molecule has 2 atom stereocenters. The smallest absolute Gasteiger partial charge is 0.255 e. The number of aromatic nitrogens is 2. The molecule has 2 aromatic carbocycles. The number of amides is 1. The lowest BCUT2D eigenvalue weighted by molar-refractivity contribution is 0.102. The van der Waals surface area contributed by atoms with Crippen molar-refractivity contribution >= 4 is 22.5 Å². The molecule has 0 spiro atoms. The predicted octanol–water partition coefficient (Wildman–Crippen LogP) is 5.14. The Morgan fingerprint density at radius 3 is 2.47 bits per heavy atom. The van der Waals surface area contributed by atoms with Gasteiger partial charge in [-0.25, -0.2) is 0 Å². The number of carbonyl (C=O) groups excluding carboxylic acids is 1.